The van der Waals surface area contributed by atoms with Crippen molar-refractivity contribution in [3.05, 3.63) is 5.82 Å². The predicted molar refractivity (Wildman–Crippen MR) is 72.7 cm³/mol. The van der Waals surface area contributed by atoms with Crippen molar-refractivity contribution in [3.63, 3.8) is 0 Å². The average Bonchev–Trinajstić information content (AvgIpc) is 2.73. The molecule has 2 heterocycles. The quantitative estimate of drug-likeness (QED) is 0.821. The molecule has 2 rings (SSSR count). The Morgan fingerprint density at radius 2 is 2.35 bits per heavy atom. The molecule has 1 aliphatic rings. The summed E-state index contributed by atoms with van der Waals surface area (Å²) >= 11 is 2.02. The van der Waals surface area contributed by atoms with Crippen molar-refractivity contribution >= 4 is 17.7 Å². The first kappa shape index (κ1) is 12.7. The zero-order chi connectivity index (χ0) is 12.1. The van der Waals surface area contributed by atoms with E-state index in [9.17, 15) is 0 Å². The third kappa shape index (κ3) is 3.13. The third-order valence-electron chi connectivity index (χ3n) is 2.91. The van der Waals surface area contributed by atoms with Gasteiger partial charge in [0.2, 0.25) is 5.95 Å². The van der Waals surface area contributed by atoms with E-state index in [4.69, 9.17) is 0 Å². The van der Waals surface area contributed by atoms with Gasteiger partial charge in [0.15, 0.2) is 0 Å². The van der Waals surface area contributed by atoms with Gasteiger partial charge in [-0.2, -0.15) is 11.8 Å². The first-order valence-corrected chi connectivity index (χ1v) is 7.47. The fourth-order valence-electron chi connectivity index (χ4n) is 2.08. The van der Waals surface area contributed by atoms with Gasteiger partial charge in [-0.15, -0.1) is 10.2 Å². The molecule has 96 valence electrons. The van der Waals surface area contributed by atoms with Crippen molar-refractivity contribution in [1.82, 2.24) is 20.1 Å². The zero-order valence-corrected chi connectivity index (χ0v) is 11.4. The molecular weight excluding hydrogens is 234 g/mol. The van der Waals surface area contributed by atoms with Crippen LogP contribution in [-0.4, -0.2) is 45.4 Å². The summed E-state index contributed by atoms with van der Waals surface area (Å²) < 4.78 is 2.17. The standard InChI is InChI=1S/C11H21N5S/c1-3-12-11-15-14-10(16(11)4-2)7-9-8-17-6-5-13-9/h9,13H,3-8H2,1-2H3,(H,12,15). The molecule has 1 aliphatic heterocycles. The molecule has 1 atom stereocenters. The van der Waals surface area contributed by atoms with E-state index < -0.39 is 0 Å². The number of anilines is 1. The van der Waals surface area contributed by atoms with Gasteiger partial charge in [-0.05, 0) is 13.8 Å². The molecule has 2 N–H and O–H groups in total. The molecule has 0 radical (unpaired) electrons. The summed E-state index contributed by atoms with van der Waals surface area (Å²) in [7, 11) is 0. The van der Waals surface area contributed by atoms with Crippen molar-refractivity contribution in [2.45, 2.75) is 32.9 Å². The van der Waals surface area contributed by atoms with E-state index in [1.165, 1.54) is 11.5 Å². The Kier molecular flexibility index (Phi) is 4.67. The first-order chi connectivity index (χ1) is 8.35. The minimum atomic E-state index is 0.540. The van der Waals surface area contributed by atoms with Crippen LogP contribution in [0.25, 0.3) is 0 Å². The van der Waals surface area contributed by atoms with Gasteiger partial charge in [-0.3, -0.25) is 4.57 Å². The number of nitrogens with zero attached hydrogens (tertiary/aromatic N) is 3. The van der Waals surface area contributed by atoms with Gasteiger partial charge in [0.25, 0.3) is 0 Å². The monoisotopic (exact) mass is 255 g/mol. The summed E-state index contributed by atoms with van der Waals surface area (Å²) in [5.74, 6) is 4.38. The maximum absolute atomic E-state index is 4.30. The van der Waals surface area contributed by atoms with Crippen LogP contribution in [0.3, 0.4) is 0 Å². The maximum Gasteiger partial charge on any atom is 0.224 e. The lowest BCUT2D eigenvalue weighted by Gasteiger charge is -2.22. The molecule has 0 aromatic carbocycles. The first-order valence-electron chi connectivity index (χ1n) is 6.32. The van der Waals surface area contributed by atoms with Crippen LogP contribution in [0.5, 0.6) is 0 Å². The Morgan fingerprint density at radius 3 is 3.00 bits per heavy atom. The minimum Gasteiger partial charge on any atom is -0.355 e. The summed E-state index contributed by atoms with van der Waals surface area (Å²) in [6.07, 6.45) is 0.971. The third-order valence-corrected chi connectivity index (χ3v) is 4.04. The molecule has 0 amide bonds. The van der Waals surface area contributed by atoms with Gasteiger partial charge in [0, 0.05) is 43.6 Å². The van der Waals surface area contributed by atoms with Gasteiger partial charge >= 0.3 is 0 Å². The van der Waals surface area contributed by atoms with Gasteiger partial charge in [-0.1, -0.05) is 0 Å². The Bertz CT molecular complexity index is 346. The highest BCUT2D eigenvalue weighted by Crippen LogP contribution is 2.14. The highest BCUT2D eigenvalue weighted by Gasteiger charge is 2.18. The van der Waals surface area contributed by atoms with Crippen LogP contribution in [0, 0.1) is 0 Å². The van der Waals surface area contributed by atoms with Crippen LogP contribution < -0.4 is 10.6 Å². The van der Waals surface area contributed by atoms with Crippen molar-refractivity contribution in [3.8, 4) is 0 Å². The molecule has 1 aromatic rings. The molecule has 5 nitrogen and oxygen atoms in total. The van der Waals surface area contributed by atoms with E-state index >= 15 is 0 Å². The lowest BCUT2D eigenvalue weighted by molar-refractivity contribution is 0.534. The maximum atomic E-state index is 4.30. The van der Waals surface area contributed by atoms with Crippen molar-refractivity contribution in [2.24, 2.45) is 0 Å². The smallest absolute Gasteiger partial charge is 0.224 e. The molecule has 0 saturated carbocycles. The van der Waals surface area contributed by atoms with Gasteiger partial charge in [-0.25, -0.2) is 0 Å². The molecular formula is C11H21N5S. The van der Waals surface area contributed by atoms with E-state index in [-0.39, 0.29) is 0 Å². The summed E-state index contributed by atoms with van der Waals surface area (Å²) in [4.78, 5) is 0. The number of thioether (sulfide) groups is 1. The summed E-state index contributed by atoms with van der Waals surface area (Å²) in [5, 5.41) is 15.3. The van der Waals surface area contributed by atoms with Crippen LogP contribution in [-0.2, 0) is 13.0 Å². The second-order valence-corrected chi connectivity index (χ2v) is 5.29. The normalized spacial score (nSPS) is 20.5. The topological polar surface area (TPSA) is 54.8 Å². The molecule has 1 saturated heterocycles. The van der Waals surface area contributed by atoms with Crippen LogP contribution in [0.15, 0.2) is 0 Å². The molecule has 0 aliphatic carbocycles. The van der Waals surface area contributed by atoms with E-state index in [0.29, 0.717) is 6.04 Å². The van der Waals surface area contributed by atoms with E-state index in [1.54, 1.807) is 0 Å². The lowest BCUT2D eigenvalue weighted by atomic mass is 10.2. The van der Waals surface area contributed by atoms with Crippen LogP contribution in [0.1, 0.15) is 19.7 Å². The Balaban J connectivity index is 2.03. The molecule has 0 bridgehead atoms. The number of nitrogens with one attached hydrogen (secondary N) is 2. The van der Waals surface area contributed by atoms with Gasteiger partial charge in [0.05, 0.1) is 0 Å². The fourth-order valence-corrected chi connectivity index (χ4v) is 3.03. The van der Waals surface area contributed by atoms with Crippen LogP contribution >= 0.6 is 11.8 Å². The average molecular weight is 255 g/mol. The molecule has 1 aromatic heterocycles. The molecule has 1 fully saturated rings. The number of hydrogen-bond donors (Lipinski definition) is 2. The molecule has 1 unspecified atom stereocenters. The predicted octanol–water partition coefficient (Wildman–Crippen LogP) is 0.977. The van der Waals surface area contributed by atoms with Crippen molar-refractivity contribution in [1.29, 1.82) is 0 Å². The highest BCUT2D eigenvalue weighted by atomic mass is 32.2. The van der Waals surface area contributed by atoms with Crippen molar-refractivity contribution < 1.29 is 0 Å². The molecule has 6 heteroatoms. The number of hydrogen-bond acceptors (Lipinski definition) is 5. The number of rotatable bonds is 5. The highest BCUT2D eigenvalue weighted by molar-refractivity contribution is 7.99. The summed E-state index contributed by atoms with van der Waals surface area (Å²) in [6, 6.07) is 0.540. The van der Waals surface area contributed by atoms with Crippen molar-refractivity contribution in [2.75, 3.05) is 29.9 Å². The minimum absolute atomic E-state index is 0.540. The van der Waals surface area contributed by atoms with Gasteiger partial charge < -0.3 is 10.6 Å². The molecule has 0 spiro atoms. The van der Waals surface area contributed by atoms with E-state index in [2.05, 4.69) is 39.2 Å². The summed E-state index contributed by atoms with van der Waals surface area (Å²) in [5.41, 5.74) is 0. The van der Waals surface area contributed by atoms with E-state index in [1.807, 2.05) is 11.8 Å². The Labute approximate surface area is 107 Å². The lowest BCUT2D eigenvalue weighted by Crippen LogP contribution is -2.39. The fraction of sp³-hybridized carbons (Fsp3) is 0.818. The zero-order valence-electron chi connectivity index (χ0n) is 10.6. The van der Waals surface area contributed by atoms with E-state index in [0.717, 1.165) is 37.8 Å². The number of aromatic nitrogens is 3. The Morgan fingerprint density at radius 1 is 1.47 bits per heavy atom. The van der Waals surface area contributed by atoms with Crippen LogP contribution in [0.4, 0.5) is 5.95 Å². The Hall–Kier alpha value is -0.750. The van der Waals surface area contributed by atoms with Gasteiger partial charge in [0.1, 0.15) is 5.82 Å². The largest absolute Gasteiger partial charge is 0.355 e. The summed E-state index contributed by atoms with van der Waals surface area (Å²) in [6.45, 7) is 7.13. The second-order valence-electron chi connectivity index (χ2n) is 4.14. The van der Waals surface area contributed by atoms with Crippen LogP contribution in [0.2, 0.25) is 0 Å². The second kappa shape index (κ2) is 6.26. The molecule has 17 heavy (non-hydrogen) atoms. The SMILES string of the molecule is CCNc1nnc(CC2CSCCN2)n1CC.